The van der Waals surface area contributed by atoms with Gasteiger partial charge in [0, 0.05) is 44.1 Å². The molecule has 0 aliphatic heterocycles. The van der Waals surface area contributed by atoms with Crippen LogP contribution in [0.5, 0.6) is 0 Å². The van der Waals surface area contributed by atoms with Crippen LogP contribution in [0, 0.1) is 32.9 Å². The zero-order valence-corrected chi connectivity index (χ0v) is 22.1. The average molecular weight is 634 g/mol. The molecule has 4 aromatic heterocycles. The Balaban J connectivity index is 0.000000165. The molecule has 0 N–H and O–H groups in total. The minimum absolute atomic E-state index is 0. The molecule has 0 fully saturated rings. The monoisotopic (exact) mass is 634 g/mol. The van der Waals surface area contributed by atoms with Crippen molar-refractivity contribution in [3.8, 4) is 22.5 Å². The van der Waals surface area contributed by atoms with Crippen LogP contribution in [0.2, 0.25) is 0 Å². The molecule has 0 unspecified atom stereocenters. The zero-order valence-electron chi connectivity index (χ0n) is 19.7. The number of nitrogens with zero attached hydrogens (tertiary/aromatic N) is 3. The summed E-state index contributed by atoms with van der Waals surface area (Å²) in [6.07, 6.45) is 5.41. The van der Waals surface area contributed by atoms with Gasteiger partial charge in [-0.15, -0.1) is 53.6 Å². The van der Waals surface area contributed by atoms with E-state index in [-0.39, 0.29) is 20.1 Å². The summed E-state index contributed by atoms with van der Waals surface area (Å²) in [6, 6.07) is 28.3. The maximum atomic E-state index is 5.86. The molecule has 6 aromatic rings. The van der Waals surface area contributed by atoms with E-state index in [0.717, 1.165) is 38.9 Å². The van der Waals surface area contributed by atoms with Gasteiger partial charge in [0.2, 0.25) is 5.71 Å². The molecule has 0 spiro atoms. The van der Waals surface area contributed by atoms with E-state index < -0.39 is 0 Å². The van der Waals surface area contributed by atoms with Crippen molar-refractivity contribution in [2.75, 3.05) is 0 Å². The number of pyridine rings is 3. The number of fused-ring (bicyclic) bond motifs is 3. The fourth-order valence-corrected chi connectivity index (χ4v) is 3.71. The molecule has 1 radical (unpaired) electrons. The summed E-state index contributed by atoms with van der Waals surface area (Å²) in [5.74, 6) is 0. The van der Waals surface area contributed by atoms with Gasteiger partial charge < -0.3 is 14.4 Å². The van der Waals surface area contributed by atoms with Gasteiger partial charge in [-0.05, 0) is 49.0 Å². The summed E-state index contributed by atoms with van der Waals surface area (Å²) < 4.78 is 5.86. The van der Waals surface area contributed by atoms with Crippen molar-refractivity contribution < 1.29 is 24.5 Å². The molecule has 4 nitrogen and oxygen atoms in total. The van der Waals surface area contributed by atoms with Crippen molar-refractivity contribution in [3.63, 3.8) is 0 Å². The largest absolute Gasteiger partial charge is 0.486 e. The van der Waals surface area contributed by atoms with E-state index in [9.17, 15) is 0 Å². The molecule has 0 aliphatic carbocycles. The van der Waals surface area contributed by atoms with Crippen LogP contribution in [0.25, 0.3) is 44.6 Å². The van der Waals surface area contributed by atoms with Gasteiger partial charge in [-0.25, -0.2) is 4.98 Å². The van der Waals surface area contributed by atoms with Gasteiger partial charge >= 0.3 is 0 Å². The second kappa shape index (κ2) is 10.7. The van der Waals surface area contributed by atoms with Crippen molar-refractivity contribution in [1.29, 1.82) is 0 Å². The van der Waals surface area contributed by atoms with Crippen LogP contribution in [0.1, 0.15) is 16.7 Å². The first kappa shape index (κ1) is 24.5. The normalized spacial score (nSPS) is 10.5. The maximum Gasteiger partial charge on any atom is 0.216 e. The Labute approximate surface area is 218 Å². The predicted octanol–water partition coefficient (Wildman–Crippen LogP) is 7.31. The summed E-state index contributed by atoms with van der Waals surface area (Å²) in [5, 5.41) is 2.06. The van der Waals surface area contributed by atoms with Crippen LogP contribution in [0.15, 0.2) is 89.7 Å². The maximum absolute atomic E-state index is 5.86. The van der Waals surface area contributed by atoms with Crippen molar-refractivity contribution >= 4 is 22.1 Å². The van der Waals surface area contributed by atoms with Gasteiger partial charge in [0.05, 0.1) is 5.58 Å². The summed E-state index contributed by atoms with van der Waals surface area (Å²) in [4.78, 5) is 13.0. The fraction of sp³-hybridized carbons (Fsp3) is 0.100. The van der Waals surface area contributed by atoms with Crippen LogP contribution in [0.4, 0.5) is 0 Å². The van der Waals surface area contributed by atoms with Crippen LogP contribution >= 0.6 is 0 Å². The second-order valence-electron chi connectivity index (χ2n) is 8.20. The number of hydrogen-bond donors (Lipinski definition) is 0. The van der Waals surface area contributed by atoms with Gasteiger partial charge in [-0.1, -0.05) is 41.6 Å². The third-order valence-electron chi connectivity index (χ3n) is 5.75. The molecule has 0 bridgehead atoms. The number of aromatic nitrogens is 3. The molecule has 175 valence electrons. The Hall–Kier alpha value is -3.66. The number of rotatable bonds is 2. The van der Waals surface area contributed by atoms with E-state index in [1.54, 1.807) is 12.4 Å². The van der Waals surface area contributed by atoms with Crippen molar-refractivity contribution in [2.24, 2.45) is 0 Å². The predicted molar refractivity (Wildman–Crippen MR) is 136 cm³/mol. The molecule has 2 aromatic carbocycles. The first-order chi connectivity index (χ1) is 16.6. The first-order valence-electron chi connectivity index (χ1n) is 11.1. The Morgan fingerprint density at radius 2 is 1.60 bits per heavy atom. The third-order valence-corrected chi connectivity index (χ3v) is 5.75. The minimum Gasteiger partial charge on any atom is -0.486 e. The van der Waals surface area contributed by atoms with E-state index in [0.29, 0.717) is 5.71 Å². The standard InChI is InChI=1S/C16H9N2O.C14H14N.Ir/c1-2-9-17-14(8-1)13-6-3-5-11-12-7-4-10-18-16(12)19-15(11)13;1-10-4-6-13(7-5-10)14-8-11(2)12(3)9-15-14;/h1-5,7-10H;4-6,8-9H,1-3H3;/q2*-1;. The zero-order chi connectivity index (χ0) is 23.5. The Morgan fingerprint density at radius 1 is 0.743 bits per heavy atom. The van der Waals surface area contributed by atoms with Crippen molar-refractivity contribution in [3.05, 3.63) is 114 Å². The molecule has 0 saturated carbocycles. The van der Waals surface area contributed by atoms with Gasteiger partial charge in [0.1, 0.15) is 0 Å². The van der Waals surface area contributed by atoms with Crippen molar-refractivity contribution in [1.82, 2.24) is 15.0 Å². The molecule has 0 amide bonds. The first-order valence-corrected chi connectivity index (χ1v) is 11.1. The summed E-state index contributed by atoms with van der Waals surface area (Å²) >= 11 is 0. The molecular weight excluding hydrogens is 611 g/mol. The smallest absolute Gasteiger partial charge is 0.216 e. The minimum atomic E-state index is 0. The summed E-state index contributed by atoms with van der Waals surface area (Å²) in [5.41, 5.74) is 8.94. The van der Waals surface area contributed by atoms with E-state index in [1.165, 1.54) is 16.7 Å². The fourth-order valence-electron chi connectivity index (χ4n) is 3.71. The van der Waals surface area contributed by atoms with Crippen LogP contribution in [0.3, 0.4) is 0 Å². The molecule has 5 heteroatoms. The molecule has 0 saturated heterocycles. The average Bonchev–Trinajstić information content (AvgIpc) is 3.26. The van der Waals surface area contributed by atoms with Crippen LogP contribution in [-0.4, -0.2) is 15.0 Å². The molecule has 0 atom stereocenters. The third kappa shape index (κ3) is 5.22. The summed E-state index contributed by atoms with van der Waals surface area (Å²) in [6.45, 7) is 6.24. The number of furan rings is 1. The van der Waals surface area contributed by atoms with E-state index >= 15 is 0 Å². The number of benzene rings is 2. The van der Waals surface area contributed by atoms with Crippen molar-refractivity contribution in [2.45, 2.75) is 20.8 Å². The molecule has 0 aliphatic rings. The second-order valence-corrected chi connectivity index (χ2v) is 8.20. The molecule has 6 rings (SSSR count). The van der Waals surface area contributed by atoms with Crippen LogP contribution < -0.4 is 0 Å². The van der Waals surface area contributed by atoms with E-state index in [2.05, 4.69) is 66.1 Å². The quantitative estimate of drug-likeness (QED) is 0.188. The number of aryl methyl sites for hydroxylation is 3. The Bertz CT molecular complexity index is 1580. The topological polar surface area (TPSA) is 51.8 Å². The van der Waals surface area contributed by atoms with E-state index in [1.807, 2.05) is 54.7 Å². The van der Waals surface area contributed by atoms with Crippen LogP contribution in [-0.2, 0) is 20.1 Å². The molecule has 4 heterocycles. The van der Waals surface area contributed by atoms with Gasteiger partial charge in [-0.2, -0.15) is 0 Å². The Morgan fingerprint density at radius 3 is 2.34 bits per heavy atom. The summed E-state index contributed by atoms with van der Waals surface area (Å²) in [7, 11) is 0. The Kier molecular flexibility index (Phi) is 7.50. The van der Waals surface area contributed by atoms with Gasteiger partial charge in [0.15, 0.2) is 0 Å². The molecular formula is C30H23IrN3O-2. The number of hydrogen-bond acceptors (Lipinski definition) is 4. The SMILES string of the molecule is Cc1c[c-]c(-c2cc(C)c(C)cn2)cc1.[Ir].[c-]1ccc2c(oc3ncccc32)c1-c1ccccn1. The molecule has 35 heavy (non-hydrogen) atoms. The van der Waals surface area contributed by atoms with Gasteiger partial charge in [0.25, 0.3) is 0 Å². The van der Waals surface area contributed by atoms with Gasteiger partial charge in [-0.3, -0.25) is 0 Å². The van der Waals surface area contributed by atoms with E-state index in [4.69, 9.17) is 4.42 Å².